The van der Waals surface area contributed by atoms with Crippen molar-refractivity contribution in [1.82, 2.24) is 0 Å². The molecule has 0 bridgehead atoms. The maximum Gasteiger partial charge on any atom is 0.338 e. The van der Waals surface area contributed by atoms with Crippen LogP contribution in [-0.2, 0) is 0 Å². The van der Waals surface area contributed by atoms with E-state index in [0.29, 0.717) is 11.3 Å². The first kappa shape index (κ1) is 14.8. The predicted octanol–water partition coefficient (Wildman–Crippen LogP) is 3.62. The normalized spacial score (nSPS) is 10.2. The van der Waals surface area contributed by atoms with E-state index in [0.717, 1.165) is 0 Å². The van der Waals surface area contributed by atoms with Gasteiger partial charge in [-0.15, -0.1) is 0 Å². The molecule has 1 N–H and O–H groups in total. The molecule has 7 heteroatoms. The molecule has 0 spiro atoms. The Labute approximate surface area is 124 Å². The molecule has 0 atom stereocenters. The number of hydrogen-bond donors (Lipinski definition) is 1. The van der Waals surface area contributed by atoms with Gasteiger partial charge in [0, 0.05) is 17.2 Å². The summed E-state index contributed by atoms with van der Waals surface area (Å²) in [5, 5.41) is 19.8. The molecule has 2 aromatic rings. The van der Waals surface area contributed by atoms with Gasteiger partial charge >= 0.3 is 5.97 Å². The van der Waals surface area contributed by atoms with Crippen LogP contribution in [0, 0.1) is 10.1 Å². The Morgan fingerprint density at radius 3 is 2.48 bits per heavy atom. The van der Waals surface area contributed by atoms with Crippen molar-refractivity contribution < 1.29 is 19.6 Å². The van der Waals surface area contributed by atoms with Gasteiger partial charge in [0.25, 0.3) is 5.69 Å². The highest BCUT2D eigenvalue weighted by Gasteiger charge is 2.25. The molecule has 0 unspecified atom stereocenters. The minimum Gasteiger partial charge on any atom is -0.496 e. The highest BCUT2D eigenvalue weighted by Crippen LogP contribution is 2.39. The number of methoxy groups -OCH3 is 1. The molecule has 108 valence electrons. The van der Waals surface area contributed by atoms with Crippen LogP contribution >= 0.6 is 11.6 Å². The van der Waals surface area contributed by atoms with Crippen LogP contribution in [0.3, 0.4) is 0 Å². The van der Waals surface area contributed by atoms with Crippen molar-refractivity contribution in [2.45, 2.75) is 0 Å². The molecule has 0 radical (unpaired) electrons. The first-order valence-corrected chi connectivity index (χ1v) is 6.18. The Morgan fingerprint density at radius 1 is 1.24 bits per heavy atom. The van der Waals surface area contributed by atoms with Crippen molar-refractivity contribution in [3.63, 3.8) is 0 Å². The number of rotatable bonds is 4. The Bertz CT molecular complexity index is 729. The third-order valence-corrected chi connectivity index (χ3v) is 3.31. The van der Waals surface area contributed by atoms with Crippen LogP contribution in [0.1, 0.15) is 10.4 Å². The van der Waals surface area contributed by atoms with E-state index in [9.17, 15) is 20.0 Å². The van der Waals surface area contributed by atoms with Crippen molar-refractivity contribution in [3.8, 4) is 16.9 Å². The van der Waals surface area contributed by atoms with Gasteiger partial charge in [-0.2, -0.15) is 0 Å². The fourth-order valence-corrected chi connectivity index (χ4v) is 2.32. The van der Waals surface area contributed by atoms with Gasteiger partial charge in [-0.1, -0.05) is 29.8 Å². The standard InChI is InChI=1S/C14H10ClNO5/c1-21-11-5-3-2-4-8(11)9-6-7-10(16(19)20)13(15)12(9)14(17)18/h2-7H,1H3,(H,17,18). The fraction of sp³-hybridized carbons (Fsp3) is 0.0714. The second-order valence-corrected chi connectivity index (χ2v) is 4.46. The van der Waals surface area contributed by atoms with Gasteiger partial charge in [0.15, 0.2) is 0 Å². The number of carbonyl (C=O) groups is 1. The van der Waals surface area contributed by atoms with Gasteiger partial charge in [-0.05, 0) is 12.1 Å². The number of carboxylic acid groups (broad SMARTS) is 1. The first-order chi connectivity index (χ1) is 9.97. The molecular formula is C14H10ClNO5. The van der Waals surface area contributed by atoms with E-state index in [-0.39, 0.29) is 11.1 Å². The molecular weight excluding hydrogens is 298 g/mol. The topological polar surface area (TPSA) is 89.7 Å². The van der Waals surface area contributed by atoms with Crippen LogP contribution in [-0.4, -0.2) is 23.1 Å². The van der Waals surface area contributed by atoms with Crippen molar-refractivity contribution in [1.29, 1.82) is 0 Å². The molecule has 6 nitrogen and oxygen atoms in total. The van der Waals surface area contributed by atoms with Crippen molar-refractivity contribution >= 4 is 23.3 Å². The molecule has 0 aliphatic carbocycles. The summed E-state index contributed by atoms with van der Waals surface area (Å²) in [4.78, 5) is 21.6. The van der Waals surface area contributed by atoms with E-state index in [2.05, 4.69) is 0 Å². The highest BCUT2D eigenvalue weighted by atomic mass is 35.5. The molecule has 0 aliphatic rings. The van der Waals surface area contributed by atoms with Gasteiger partial charge in [-0.3, -0.25) is 10.1 Å². The zero-order valence-corrected chi connectivity index (χ0v) is 11.6. The Hall–Kier alpha value is -2.60. The summed E-state index contributed by atoms with van der Waals surface area (Å²) in [5.74, 6) is -0.894. The first-order valence-electron chi connectivity index (χ1n) is 5.81. The number of hydrogen-bond acceptors (Lipinski definition) is 4. The molecule has 2 aromatic carbocycles. The number of nitro benzene ring substituents is 1. The second-order valence-electron chi connectivity index (χ2n) is 4.08. The van der Waals surface area contributed by atoms with Crippen molar-refractivity contribution in [3.05, 3.63) is 57.1 Å². The van der Waals surface area contributed by atoms with Crippen LogP contribution < -0.4 is 4.74 Å². The number of aromatic carboxylic acids is 1. The number of ether oxygens (including phenoxy) is 1. The second kappa shape index (κ2) is 5.80. The largest absolute Gasteiger partial charge is 0.496 e. The average Bonchev–Trinajstić information content (AvgIpc) is 2.45. The lowest BCUT2D eigenvalue weighted by molar-refractivity contribution is -0.384. The monoisotopic (exact) mass is 307 g/mol. The smallest absolute Gasteiger partial charge is 0.338 e. The van der Waals surface area contributed by atoms with Gasteiger partial charge in [0.05, 0.1) is 17.6 Å². The van der Waals surface area contributed by atoms with Gasteiger partial charge in [0.2, 0.25) is 0 Å². The Morgan fingerprint density at radius 2 is 1.90 bits per heavy atom. The van der Waals surface area contributed by atoms with Crippen molar-refractivity contribution in [2.24, 2.45) is 0 Å². The number of benzene rings is 2. The summed E-state index contributed by atoms with van der Waals surface area (Å²) in [6, 6.07) is 9.29. The quantitative estimate of drug-likeness (QED) is 0.688. The molecule has 0 heterocycles. The highest BCUT2D eigenvalue weighted by molar-refractivity contribution is 6.36. The Kier molecular flexibility index (Phi) is 4.09. The van der Waals surface area contributed by atoms with E-state index in [4.69, 9.17) is 16.3 Å². The summed E-state index contributed by atoms with van der Waals surface area (Å²) in [6.45, 7) is 0. The molecule has 0 saturated heterocycles. The van der Waals surface area contributed by atoms with E-state index < -0.39 is 21.6 Å². The summed E-state index contributed by atoms with van der Waals surface area (Å²) in [6.07, 6.45) is 0. The Balaban J connectivity index is 2.78. The zero-order chi connectivity index (χ0) is 15.6. The summed E-state index contributed by atoms with van der Waals surface area (Å²) < 4.78 is 5.18. The number of para-hydroxylation sites is 1. The molecule has 0 amide bonds. The minimum atomic E-state index is -1.34. The third-order valence-electron chi connectivity index (χ3n) is 2.93. The van der Waals surface area contributed by atoms with E-state index in [1.165, 1.54) is 19.2 Å². The lowest BCUT2D eigenvalue weighted by Crippen LogP contribution is -2.04. The summed E-state index contributed by atoms with van der Waals surface area (Å²) in [7, 11) is 1.45. The lowest BCUT2D eigenvalue weighted by atomic mass is 9.98. The molecule has 0 aliphatic heterocycles. The molecule has 21 heavy (non-hydrogen) atoms. The summed E-state index contributed by atoms with van der Waals surface area (Å²) in [5.41, 5.74) is -0.0205. The molecule has 0 aromatic heterocycles. The van der Waals surface area contributed by atoms with Crippen LogP contribution in [0.5, 0.6) is 5.75 Å². The SMILES string of the molecule is COc1ccccc1-c1ccc([N+](=O)[O-])c(Cl)c1C(=O)O. The number of halogens is 1. The maximum atomic E-state index is 11.4. The van der Waals surface area contributed by atoms with Crippen LogP contribution in [0.4, 0.5) is 5.69 Å². The predicted molar refractivity (Wildman–Crippen MR) is 77.1 cm³/mol. The maximum absolute atomic E-state index is 11.4. The van der Waals surface area contributed by atoms with Crippen LogP contribution in [0.15, 0.2) is 36.4 Å². The summed E-state index contributed by atoms with van der Waals surface area (Å²) >= 11 is 5.89. The van der Waals surface area contributed by atoms with Gasteiger partial charge in [0.1, 0.15) is 10.8 Å². The third kappa shape index (κ3) is 2.66. The fourth-order valence-electron chi connectivity index (χ4n) is 2.01. The van der Waals surface area contributed by atoms with Crippen LogP contribution in [0.25, 0.3) is 11.1 Å². The molecule has 2 rings (SSSR count). The van der Waals surface area contributed by atoms with Crippen molar-refractivity contribution in [2.75, 3.05) is 7.11 Å². The number of nitro groups is 1. The van der Waals surface area contributed by atoms with Crippen LogP contribution in [0.2, 0.25) is 5.02 Å². The zero-order valence-electron chi connectivity index (χ0n) is 10.9. The minimum absolute atomic E-state index is 0.260. The van der Waals surface area contributed by atoms with E-state index in [1.54, 1.807) is 24.3 Å². The number of carboxylic acids is 1. The average molecular weight is 308 g/mol. The molecule has 0 saturated carbocycles. The van der Waals surface area contributed by atoms with Gasteiger partial charge in [-0.25, -0.2) is 4.79 Å². The van der Waals surface area contributed by atoms with Gasteiger partial charge < -0.3 is 9.84 Å². The number of nitrogens with zero attached hydrogens (tertiary/aromatic N) is 1. The lowest BCUT2D eigenvalue weighted by Gasteiger charge is -2.12. The van der Waals surface area contributed by atoms with E-state index >= 15 is 0 Å². The van der Waals surface area contributed by atoms with E-state index in [1.807, 2.05) is 0 Å². The molecule has 0 fully saturated rings.